The summed E-state index contributed by atoms with van der Waals surface area (Å²) in [6, 6.07) is 3.86. The van der Waals surface area contributed by atoms with Crippen LogP contribution >= 0.6 is 0 Å². The van der Waals surface area contributed by atoms with Crippen molar-refractivity contribution >= 4 is 11.6 Å². The molecule has 0 aromatic heterocycles. The predicted molar refractivity (Wildman–Crippen MR) is 67.8 cm³/mol. The van der Waals surface area contributed by atoms with E-state index in [1.165, 1.54) is 18.2 Å². The summed E-state index contributed by atoms with van der Waals surface area (Å²) in [4.78, 5) is 21.4. The highest BCUT2D eigenvalue weighted by Gasteiger charge is 2.31. The van der Waals surface area contributed by atoms with Gasteiger partial charge in [0.1, 0.15) is 0 Å². The predicted octanol–water partition coefficient (Wildman–Crippen LogP) is 0.810. The Bertz CT molecular complexity index is 512. The Labute approximate surface area is 109 Å². The van der Waals surface area contributed by atoms with Gasteiger partial charge in [-0.25, -0.2) is 0 Å². The van der Waals surface area contributed by atoms with Gasteiger partial charge in [-0.15, -0.1) is 0 Å². The molecule has 0 spiro atoms. The van der Waals surface area contributed by atoms with Crippen LogP contribution < -0.4 is 16.2 Å². The molecule has 0 atom stereocenters. The lowest BCUT2D eigenvalue weighted by Gasteiger charge is -2.34. The fraction of sp³-hybridized carbons (Fsp3) is 0.417. The molecular weight excluding hydrogens is 250 g/mol. The fourth-order valence-electron chi connectivity index (χ4n) is 2.06. The van der Waals surface area contributed by atoms with E-state index in [-0.39, 0.29) is 23.1 Å². The topological polar surface area (TPSA) is 121 Å². The Kier molecular flexibility index (Phi) is 3.66. The summed E-state index contributed by atoms with van der Waals surface area (Å²) in [5.74, 6) is -0.154. The zero-order valence-corrected chi connectivity index (χ0v) is 10.2. The summed E-state index contributed by atoms with van der Waals surface area (Å²) in [5.41, 5.74) is 10.7. The van der Waals surface area contributed by atoms with Gasteiger partial charge in [0.05, 0.1) is 11.0 Å². The van der Waals surface area contributed by atoms with Crippen LogP contribution in [0.1, 0.15) is 23.2 Å². The molecule has 0 radical (unpaired) electrons. The largest absolute Gasteiger partial charge is 0.483 e. The van der Waals surface area contributed by atoms with Gasteiger partial charge in [0.15, 0.2) is 5.75 Å². The zero-order chi connectivity index (χ0) is 14.0. The second kappa shape index (κ2) is 5.23. The number of hydrogen-bond donors (Lipinski definition) is 2. The Balaban J connectivity index is 2.18. The third-order valence-corrected chi connectivity index (χ3v) is 3.26. The number of carbonyl (C=O) groups is 1. The van der Waals surface area contributed by atoms with Crippen molar-refractivity contribution in [3.63, 3.8) is 0 Å². The van der Waals surface area contributed by atoms with Gasteiger partial charge in [-0.05, 0) is 31.4 Å². The van der Waals surface area contributed by atoms with E-state index in [0.717, 1.165) is 12.8 Å². The lowest BCUT2D eigenvalue weighted by molar-refractivity contribution is -0.386. The molecule has 2 rings (SSSR count). The molecule has 1 fully saturated rings. The molecular formula is C12H15N3O4. The molecule has 7 heteroatoms. The van der Waals surface area contributed by atoms with Crippen molar-refractivity contribution in [1.82, 2.24) is 0 Å². The van der Waals surface area contributed by atoms with Gasteiger partial charge in [-0.2, -0.15) is 0 Å². The van der Waals surface area contributed by atoms with Crippen LogP contribution in [0.5, 0.6) is 5.75 Å². The van der Waals surface area contributed by atoms with E-state index in [1.54, 1.807) is 0 Å². The molecule has 1 aliphatic carbocycles. The quantitative estimate of drug-likeness (QED) is 0.602. The summed E-state index contributed by atoms with van der Waals surface area (Å²) < 4.78 is 5.56. The molecule has 0 heterocycles. The Morgan fingerprint density at radius 1 is 1.47 bits per heavy atom. The van der Waals surface area contributed by atoms with Crippen LogP contribution in [0.15, 0.2) is 18.2 Å². The highest BCUT2D eigenvalue weighted by molar-refractivity contribution is 5.93. The third kappa shape index (κ3) is 2.82. The van der Waals surface area contributed by atoms with Crippen LogP contribution in [0.2, 0.25) is 0 Å². The molecule has 4 N–H and O–H groups in total. The van der Waals surface area contributed by atoms with Gasteiger partial charge in [0.2, 0.25) is 5.91 Å². The first-order chi connectivity index (χ1) is 9.01. The number of hydrogen-bond acceptors (Lipinski definition) is 5. The van der Waals surface area contributed by atoms with E-state index in [4.69, 9.17) is 16.2 Å². The maximum atomic E-state index is 11.1. The molecule has 0 aliphatic heterocycles. The SMILES string of the molecule is NCC1CC(Oc2cc(C(N)=O)ccc2[N+](=O)[O-])C1. The summed E-state index contributed by atoms with van der Waals surface area (Å²) in [6.07, 6.45) is 1.46. The van der Waals surface area contributed by atoms with Crippen LogP contribution in [0.3, 0.4) is 0 Å². The van der Waals surface area contributed by atoms with Crippen LogP contribution in [0.4, 0.5) is 5.69 Å². The fourth-order valence-corrected chi connectivity index (χ4v) is 2.06. The monoisotopic (exact) mass is 265 g/mol. The van der Waals surface area contributed by atoms with E-state index >= 15 is 0 Å². The summed E-state index contributed by atoms with van der Waals surface area (Å²) in [6.45, 7) is 0.587. The standard InChI is InChI=1S/C12H15N3O4/c13-6-7-3-9(4-7)19-11-5-8(12(14)16)1-2-10(11)15(17)18/h1-2,5,7,9H,3-4,6,13H2,(H2,14,16). The van der Waals surface area contributed by atoms with Gasteiger partial charge >= 0.3 is 5.69 Å². The van der Waals surface area contributed by atoms with Crippen molar-refractivity contribution < 1.29 is 14.5 Å². The minimum atomic E-state index is -0.645. The average molecular weight is 265 g/mol. The number of nitro groups is 1. The van der Waals surface area contributed by atoms with Gasteiger partial charge in [0.25, 0.3) is 0 Å². The second-order valence-corrected chi connectivity index (χ2v) is 4.62. The average Bonchev–Trinajstić information content (AvgIpc) is 2.32. The molecule has 1 aromatic carbocycles. The maximum Gasteiger partial charge on any atom is 0.310 e. The first kappa shape index (κ1) is 13.3. The smallest absolute Gasteiger partial charge is 0.310 e. The van der Waals surface area contributed by atoms with E-state index in [2.05, 4.69) is 0 Å². The van der Waals surface area contributed by atoms with Crippen LogP contribution in [-0.4, -0.2) is 23.5 Å². The van der Waals surface area contributed by atoms with Gasteiger partial charge < -0.3 is 16.2 Å². The Hall–Kier alpha value is -2.15. The van der Waals surface area contributed by atoms with Gasteiger partial charge in [-0.1, -0.05) is 0 Å². The minimum absolute atomic E-state index is 0.0850. The van der Waals surface area contributed by atoms with E-state index < -0.39 is 10.8 Å². The highest BCUT2D eigenvalue weighted by Crippen LogP contribution is 2.35. The molecule has 19 heavy (non-hydrogen) atoms. The van der Waals surface area contributed by atoms with Crippen molar-refractivity contribution in [1.29, 1.82) is 0 Å². The van der Waals surface area contributed by atoms with Gasteiger partial charge in [0, 0.05) is 17.7 Å². The molecule has 1 aliphatic rings. The molecule has 1 amide bonds. The van der Waals surface area contributed by atoms with Crippen molar-refractivity contribution in [3.8, 4) is 5.75 Å². The van der Waals surface area contributed by atoms with Crippen LogP contribution in [0, 0.1) is 16.0 Å². The lowest BCUT2D eigenvalue weighted by atomic mass is 9.82. The number of nitro benzene ring substituents is 1. The van der Waals surface area contributed by atoms with Crippen LogP contribution in [-0.2, 0) is 0 Å². The van der Waals surface area contributed by atoms with E-state index in [9.17, 15) is 14.9 Å². The first-order valence-corrected chi connectivity index (χ1v) is 5.96. The number of primary amides is 1. The lowest BCUT2D eigenvalue weighted by Crippen LogP contribution is -2.37. The number of carbonyl (C=O) groups excluding carboxylic acids is 1. The molecule has 102 valence electrons. The third-order valence-electron chi connectivity index (χ3n) is 3.26. The van der Waals surface area contributed by atoms with Crippen LogP contribution in [0.25, 0.3) is 0 Å². The van der Waals surface area contributed by atoms with Crippen molar-refractivity contribution in [3.05, 3.63) is 33.9 Å². The Morgan fingerprint density at radius 2 is 2.16 bits per heavy atom. The number of rotatable bonds is 5. The summed E-state index contributed by atoms with van der Waals surface area (Å²) in [5, 5.41) is 10.9. The summed E-state index contributed by atoms with van der Waals surface area (Å²) >= 11 is 0. The second-order valence-electron chi connectivity index (χ2n) is 4.62. The first-order valence-electron chi connectivity index (χ1n) is 5.96. The molecule has 0 unspecified atom stereocenters. The minimum Gasteiger partial charge on any atom is -0.483 e. The van der Waals surface area contributed by atoms with Crippen molar-refractivity contribution in [2.45, 2.75) is 18.9 Å². The molecule has 1 aromatic rings. The van der Waals surface area contributed by atoms with Crippen molar-refractivity contribution in [2.24, 2.45) is 17.4 Å². The number of nitrogens with zero attached hydrogens (tertiary/aromatic N) is 1. The molecule has 0 saturated heterocycles. The molecule has 7 nitrogen and oxygen atoms in total. The zero-order valence-electron chi connectivity index (χ0n) is 10.2. The van der Waals surface area contributed by atoms with Crippen molar-refractivity contribution in [2.75, 3.05) is 6.54 Å². The van der Waals surface area contributed by atoms with E-state index in [0.29, 0.717) is 12.5 Å². The van der Waals surface area contributed by atoms with E-state index in [1.807, 2.05) is 0 Å². The molecule has 1 saturated carbocycles. The number of ether oxygens (including phenoxy) is 1. The molecule has 0 bridgehead atoms. The Morgan fingerprint density at radius 3 is 2.68 bits per heavy atom. The highest BCUT2D eigenvalue weighted by atomic mass is 16.6. The maximum absolute atomic E-state index is 11.1. The number of nitrogens with two attached hydrogens (primary N) is 2. The van der Waals surface area contributed by atoms with Gasteiger partial charge in [-0.3, -0.25) is 14.9 Å². The summed E-state index contributed by atoms with van der Waals surface area (Å²) in [7, 11) is 0. The normalized spacial score (nSPS) is 21.5. The number of benzene rings is 1. The number of amides is 1.